The molecule has 4 aliphatic carbocycles. The minimum atomic E-state index is -0.275. The van der Waals surface area contributed by atoms with Crippen LogP contribution in [-0.2, 0) is 0 Å². The lowest BCUT2D eigenvalue weighted by molar-refractivity contribution is -0.176. The minimum absolute atomic E-state index is 0.275. The van der Waals surface area contributed by atoms with Gasteiger partial charge in [0.2, 0.25) is 0 Å². The molecule has 4 fully saturated rings. The molecule has 4 saturated carbocycles. The van der Waals surface area contributed by atoms with Crippen LogP contribution in [0.15, 0.2) is 0 Å². The van der Waals surface area contributed by atoms with Crippen molar-refractivity contribution in [3.63, 3.8) is 0 Å². The number of rotatable bonds is 4. The first kappa shape index (κ1) is 11.1. The van der Waals surface area contributed by atoms with Gasteiger partial charge in [0.15, 0.2) is 0 Å². The van der Waals surface area contributed by atoms with Crippen molar-refractivity contribution < 1.29 is 5.11 Å². The topological polar surface area (TPSA) is 20.2 Å². The maximum Gasteiger partial charge on any atom is 0.0704 e. The lowest BCUT2D eigenvalue weighted by Crippen LogP contribution is -2.57. The monoisotopic (exact) mass is 221 g/mol. The summed E-state index contributed by atoms with van der Waals surface area (Å²) in [6, 6.07) is 0. The van der Waals surface area contributed by atoms with Gasteiger partial charge in [0.05, 0.1) is 5.60 Å². The van der Waals surface area contributed by atoms with Crippen LogP contribution in [0.25, 0.3) is 0 Å². The van der Waals surface area contributed by atoms with Crippen LogP contribution in [-0.4, -0.2) is 10.7 Å². The van der Waals surface area contributed by atoms with Crippen molar-refractivity contribution in [2.45, 2.75) is 63.4 Å². The van der Waals surface area contributed by atoms with Crippen molar-refractivity contribution in [3.8, 4) is 0 Å². The summed E-state index contributed by atoms with van der Waals surface area (Å²) in [4.78, 5) is 0. The Kier molecular flexibility index (Phi) is 2.78. The van der Waals surface area contributed by atoms with Crippen LogP contribution in [0, 0.1) is 30.6 Å². The highest BCUT2D eigenvalue weighted by Crippen LogP contribution is 2.59. The summed E-state index contributed by atoms with van der Waals surface area (Å²) in [5.41, 5.74) is -0.275. The average molecular weight is 221 g/mol. The SMILES string of the molecule is [CH2]CCCCC1(O)C2CC3CC(C2)CC1C3. The Labute approximate surface area is 99.6 Å². The molecule has 91 valence electrons. The van der Waals surface area contributed by atoms with E-state index in [-0.39, 0.29) is 5.60 Å². The lowest BCUT2D eigenvalue weighted by atomic mass is 9.49. The summed E-state index contributed by atoms with van der Waals surface area (Å²) in [6.07, 6.45) is 11.2. The van der Waals surface area contributed by atoms with Gasteiger partial charge >= 0.3 is 0 Å². The molecule has 0 unspecified atom stereocenters. The first-order valence-corrected chi connectivity index (χ1v) is 7.24. The van der Waals surface area contributed by atoms with Crippen molar-refractivity contribution in [1.82, 2.24) is 0 Å². The highest BCUT2D eigenvalue weighted by atomic mass is 16.3. The third-order valence-corrected chi connectivity index (χ3v) is 5.63. The first-order chi connectivity index (χ1) is 7.72. The summed E-state index contributed by atoms with van der Waals surface area (Å²) < 4.78 is 0. The molecular weight excluding hydrogens is 196 g/mol. The van der Waals surface area contributed by atoms with Gasteiger partial charge in [-0.1, -0.05) is 26.2 Å². The van der Waals surface area contributed by atoms with Crippen LogP contribution in [0.1, 0.15) is 57.8 Å². The van der Waals surface area contributed by atoms with Gasteiger partial charge in [-0.05, 0) is 62.2 Å². The second-order valence-electron chi connectivity index (χ2n) is 6.61. The molecule has 0 spiro atoms. The maximum atomic E-state index is 11.0. The van der Waals surface area contributed by atoms with Crippen molar-refractivity contribution in [2.75, 3.05) is 0 Å². The molecule has 1 N–H and O–H groups in total. The normalized spacial score (nSPS) is 49.9. The van der Waals surface area contributed by atoms with Crippen LogP contribution in [0.5, 0.6) is 0 Å². The van der Waals surface area contributed by atoms with Crippen LogP contribution in [0.3, 0.4) is 0 Å². The molecule has 4 rings (SSSR count). The van der Waals surface area contributed by atoms with Gasteiger partial charge < -0.3 is 5.11 Å². The molecule has 1 nitrogen and oxygen atoms in total. The van der Waals surface area contributed by atoms with E-state index < -0.39 is 0 Å². The summed E-state index contributed by atoms with van der Waals surface area (Å²) in [7, 11) is 0. The Morgan fingerprint density at radius 1 is 0.938 bits per heavy atom. The van der Waals surface area contributed by atoms with Crippen LogP contribution < -0.4 is 0 Å². The van der Waals surface area contributed by atoms with Gasteiger partial charge in [0, 0.05) is 0 Å². The number of aliphatic hydroxyl groups is 1. The Balaban J connectivity index is 1.70. The van der Waals surface area contributed by atoms with Crippen LogP contribution in [0.4, 0.5) is 0 Å². The fraction of sp³-hybridized carbons (Fsp3) is 0.933. The Morgan fingerprint density at radius 2 is 1.50 bits per heavy atom. The molecule has 0 heterocycles. The predicted octanol–water partition coefficient (Wildman–Crippen LogP) is 3.57. The second-order valence-corrected chi connectivity index (χ2v) is 6.61. The van der Waals surface area contributed by atoms with Gasteiger partial charge in [-0.3, -0.25) is 0 Å². The van der Waals surface area contributed by atoms with E-state index in [9.17, 15) is 5.11 Å². The van der Waals surface area contributed by atoms with Crippen LogP contribution >= 0.6 is 0 Å². The van der Waals surface area contributed by atoms with Crippen molar-refractivity contribution in [1.29, 1.82) is 0 Å². The Bertz CT molecular complexity index is 230. The molecule has 0 aromatic heterocycles. The standard InChI is InChI=1S/C15H25O/c1-2-3-4-5-15(16)13-7-11-6-12(9-13)10-14(15)8-11/h11-14,16H,1-10H2. The maximum absolute atomic E-state index is 11.0. The summed E-state index contributed by atoms with van der Waals surface area (Å²) in [6.45, 7) is 3.90. The fourth-order valence-electron chi connectivity index (χ4n) is 4.99. The molecule has 0 aliphatic heterocycles. The summed E-state index contributed by atoms with van der Waals surface area (Å²) in [5, 5.41) is 11.0. The highest BCUT2D eigenvalue weighted by Gasteiger charge is 2.55. The summed E-state index contributed by atoms with van der Waals surface area (Å²) >= 11 is 0. The van der Waals surface area contributed by atoms with E-state index in [4.69, 9.17) is 0 Å². The third-order valence-electron chi connectivity index (χ3n) is 5.63. The molecule has 0 atom stereocenters. The van der Waals surface area contributed by atoms with E-state index in [1.54, 1.807) is 0 Å². The predicted molar refractivity (Wildman–Crippen MR) is 65.8 cm³/mol. The molecular formula is C15H25O. The first-order valence-electron chi connectivity index (χ1n) is 7.24. The average Bonchev–Trinajstić information content (AvgIpc) is 2.25. The molecule has 1 radical (unpaired) electrons. The molecule has 16 heavy (non-hydrogen) atoms. The third kappa shape index (κ3) is 1.63. The number of unbranched alkanes of at least 4 members (excludes halogenated alkanes) is 2. The Morgan fingerprint density at radius 3 is 2.00 bits per heavy atom. The van der Waals surface area contributed by atoms with E-state index >= 15 is 0 Å². The molecule has 0 aromatic rings. The van der Waals surface area contributed by atoms with Gasteiger partial charge in [0.1, 0.15) is 0 Å². The van der Waals surface area contributed by atoms with Crippen molar-refractivity contribution in [2.24, 2.45) is 23.7 Å². The van der Waals surface area contributed by atoms with Gasteiger partial charge in [-0.15, -0.1) is 0 Å². The van der Waals surface area contributed by atoms with Gasteiger partial charge in [-0.25, -0.2) is 0 Å². The van der Waals surface area contributed by atoms with E-state index in [0.717, 1.165) is 24.7 Å². The molecule has 1 heteroatoms. The van der Waals surface area contributed by atoms with Gasteiger partial charge in [-0.2, -0.15) is 0 Å². The highest BCUT2D eigenvalue weighted by molar-refractivity contribution is 5.06. The van der Waals surface area contributed by atoms with Gasteiger partial charge in [0.25, 0.3) is 0 Å². The smallest absolute Gasteiger partial charge is 0.0704 e. The minimum Gasteiger partial charge on any atom is -0.389 e. The van der Waals surface area contributed by atoms with Crippen molar-refractivity contribution >= 4 is 0 Å². The largest absolute Gasteiger partial charge is 0.389 e. The van der Waals surface area contributed by atoms with E-state index in [1.807, 2.05) is 0 Å². The summed E-state index contributed by atoms with van der Waals surface area (Å²) in [5.74, 6) is 3.23. The van der Waals surface area contributed by atoms with E-state index in [0.29, 0.717) is 11.8 Å². The molecule has 4 bridgehead atoms. The quantitative estimate of drug-likeness (QED) is 0.720. The lowest BCUT2D eigenvalue weighted by Gasteiger charge is -2.59. The molecule has 0 amide bonds. The zero-order chi connectivity index (χ0) is 11.2. The molecule has 0 aromatic carbocycles. The second kappa shape index (κ2) is 4.01. The van der Waals surface area contributed by atoms with Crippen LogP contribution in [0.2, 0.25) is 0 Å². The number of hydrogen-bond acceptors (Lipinski definition) is 1. The molecule has 0 saturated heterocycles. The number of hydrogen-bond donors (Lipinski definition) is 1. The molecule has 4 aliphatic rings. The van der Waals surface area contributed by atoms with E-state index in [1.165, 1.54) is 44.9 Å². The van der Waals surface area contributed by atoms with Crippen molar-refractivity contribution in [3.05, 3.63) is 6.92 Å². The Hall–Kier alpha value is -0.0400. The zero-order valence-corrected chi connectivity index (χ0v) is 10.3. The zero-order valence-electron chi connectivity index (χ0n) is 10.3. The van der Waals surface area contributed by atoms with E-state index in [2.05, 4.69) is 6.92 Å². The fourth-order valence-corrected chi connectivity index (χ4v) is 4.99.